The fourth-order valence-electron chi connectivity index (χ4n) is 1.71. The van der Waals surface area contributed by atoms with Crippen molar-refractivity contribution in [2.45, 2.75) is 6.92 Å². The van der Waals surface area contributed by atoms with Crippen LogP contribution >= 0.6 is 0 Å². The van der Waals surface area contributed by atoms with Crippen LogP contribution in [0.1, 0.15) is 17.3 Å². The molecule has 7 nitrogen and oxygen atoms in total. The maximum absolute atomic E-state index is 12.0. The minimum absolute atomic E-state index is 0.0521. The van der Waals surface area contributed by atoms with E-state index in [9.17, 15) is 19.7 Å². The molecular formula is C15H12N2O5. The molecule has 0 saturated carbocycles. The summed E-state index contributed by atoms with van der Waals surface area (Å²) in [5.41, 5.74) is 0.762. The van der Waals surface area contributed by atoms with Crippen molar-refractivity contribution in [3.05, 3.63) is 64.2 Å². The minimum Gasteiger partial charge on any atom is -0.427 e. The number of nitro groups is 1. The third kappa shape index (κ3) is 3.89. The van der Waals surface area contributed by atoms with E-state index in [0.29, 0.717) is 17.0 Å². The monoisotopic (exact) mass is 300 g/mol. The highest BCUT2D eigenvalue weighted by Gasteiger charge is 2.09. The molecule has 0 aromatic heterocycles. The lowest BCUT2D eigenvalue weighted by Gasteiger charge is -2.06. The molecule has 7 heteroatoms. The Bertz CT molecular complexity index is 708. The van der Waals surface area contributed by atoms with Crippen LogP contribution in [0.3, 0.4) is 0 Å². The number of nitro benzene ring substituents is 1. The van der Waals surface area contributed by atoms with E-state index in [1.54, 1.807) is 0 Å². The number of benzene rings is 2. The summed E-state index contributed by atoms with van der Waals surface area (Å²) in [7, 11) is 0. The van der Waals surface area contributed by atoms with Gasteiger partial charge in [-0.15, -0.1) is 0 Å². The van der Waals surface area contributed by atoms with Crippen molar-refractivity contribution >= 4 is 23.3 Å². The molecule has 0 aliphatic rings. The second-order valence-electron chi connectivity index (χ2n) is 4.38. The van der Waals surface area contributed by atoms with Crippen LogP contribution < -0.4 is 10.1 Å². The lowest BCUT2D eigenvalue weighted by atomic mass is 10.2. The van der Waals surface area contributed by atoms with E-state index in [2.05, 4.69) is 5.32 Å². The largest absolute Gasteiger partial charge is 0.427 e. The number of carbonyl (C=O) groups excluding carboxylic acids is 2. The Morgan fingerprint density at radius 3 is 2.14 bits per heavy atom. The average Bonchev–Trinajstić information content (AvgIpc) is 2.48. The highest BCUT2D eigenvalue weighted by molar-refractivity contribution is 6.04. The summed E-state index contributed by atoms with van der Waals surface area (Å²) in [6, 6.07) is 11.5. The number of non-ortho nitro benzene ring substituents is 1. The molecule has 1 amide bonds. The van der Waals surface area contributed by atoms with Crippen LogP contribution in [0.5, 0.6) is 5.75 Å². The van der Waals surface area contributed by atoms with Crippen molar-refractivity contribution in [3.8, 4) is 5.75 Å². The Morgan fingerprint density at radius 1 is 1.05 bits per heavy atom. The summed E-state index contributed by atoms with van der Waals surface area (Å²) in [5.74, 6) is -0.467. The molecule has 112 valence electrons. The molecule has 0 atom stereocenters. The van der Waals surface area contributed by atoms with E-state index in [0.717, 1.165) is 0 Å². The first kappa shape index (κ1) is 15.2. The number of carbonyl (C=O) groups is 2. The van der Waals surface area contributed by atoms with Crippen LogP contribution in [0.2, 0.25) is 0 Å². The first-order valence-electron chi connectivity index (χ1n) is 6.30. The van der Waals surface area contributed by atoms with Crippen molar-refractivity contribution in [1.82, 2.24) is 0 Å². The van der Waals surface area contributed by atoms with Crippen LogP contribution in [-0.2, 0) is 4.79 Å². The van der Waals surface area contributed by atoms with Gasteiger partial charge in [0.05, 0.1) is 4.92 Å². The molecule has 2 rings (SSSR count). The molecule has 0 bridgehead atoms. The molecule has 0 heterocycles. The smallest absolute Gasteiger partial charge is 0.308 e. The summed E-state index contributed by atoms with van der Waals surface area (Å²) in [6.45, 7) is 1.29. The van der Waals surface area contributed by atoms with Gasteiger partial charge in [0.1, 0.15) is 5.75 Å². The molecule has 2 aromatic carbocycles. The Morgan fingerprint density at radius 2 is 1.64 bits per heavy atom. The molecule has 1 N–H and O–H groups in total. The van der Waals surface area contributed by atoms with Crippen molar-refractivity contribution in [3.63, 3.8) is 0 Å². The number of esters is 1. The summed E-state index contributed by atoms with van der Waals surface area (Å²) >= 11 is 0. The molecule has 2 aromatic rings. The molecule has 0 spiro atoms. The van der Waals surface area contributed by atoms with Gasteiger partial charge < -0.3 is 10.1 Å². The summed E-state index contributed by atoms with van der Waals surface area (Å²) in [4.78, 5) is 32.8. The van der Waals surface area contributed by atoms with Crippen molar-refractivity contribution in [2.75, 3.05) is 5.32 Å². The zero-order valence-electron chi connectivity index (χ0n) is 11.6. The fraction of sp³-hybridized carbons (Fsp3) is 0.0667. The number of ether oxygens (including phenoxy) is 1. The highest BCUT2D eigenvalue weighted by Crippen LogP contribution is 2.17. The second-order valence-corrected chi connectivity index (χ2v) is 4.38. The standard InChI is InChI=1S/C15H12N2O5/c1-10(18)22-14-8-2-11(3-9-14)15(19)16-12-4-6-13(7-5-12)17(20)21/h2-9H,1H3,(H,16,19). The van der Waals surface area contributed by atoms with Gasteiger partial charge in [-0.3, -0.25) is 19.7 Å². The van der Waals surface area contributed by atoms with Gasteiger partial charge >= 0.3 is 5.97 Å². The molecule has 22 heavy (non-hydrogen) atoms. The van der Waals surface area contributed by atoms with Crippen LogP contribution in [0.4, 0.5) is 11.4 Å². The maximum atomic E-state index is 12.0. The van der Waals surface area contributed by atoms with Crippen molar-refractivity contribution in [2.24, 2.45) is 0 Å². The van der Waals surface area contributed by atoms with Gasteiger partial charge in [0, 0.05) is 30.3 Å². The van der Waals surface area contributed by atoms with E-state index < -0.39 is 10.9 Å². The zero-order chi connectivity index (χ0) is 16.1. The SMILES string of the molecule is CC(=O)Oc1ccc(C(=O)Nc2ccc([N+](=O)[O-])cc2)cc1. The molecule has 0 aliphatic heterocycles. The van der Waals surface area contributed by atoms with Gasteiger partial charge in [-0.1, -0.05) is 0 Å². The number of hydrogen-bond donors (Lipinski definition) is 1. The van der Waals surface area contributed by atoms with E-state index in [1.165, 1.54) is 55.5 Å². The zero-order valence-corrected chi connectivity index (χ0v) is 11.6. The maximum Gasteiger partial charge on any atom is 0.308 e. The van der Waals surface area contributed by atoms with Gasteiger partial charge in [-0.25, -0.2) is 0 Å². The topological polar surface area (TPSA) is 98.5 Å². The highest BCUT2D eigenvalue weighted by atomic mass is 16.6. The van der Waals surface area contributed by atoms with Crippen LogP contribution in [0.15, 0.2) is 48.5 Å². The summed E-state index contributed by atoms with van der Waals surface area (Å²) < 4.78 is 4.87. The van der Waals surface area contributed by atoms with Crippen molar-refractivity contribution < 1.29 is 19.2 Å². The predicted molar refractivity (Wildman–Crippen MR) is 78.8 cm³/mol. The third-order valence-electron chi connectivity index (χ3n) is 2.71. The fourth-order valence-corrected chi connectivity index (χ4v) is 1.71. The van der Waals surface area contributed by atoms with Crippen LogP contribution in [0.25, 0.3) is 0 Å². The van der Waals surface area contributed by atoms with Gasteiger partial charge in [-0.2, -0.15) is 0 Å². The van der Waals surface area contributed by atoms with Crippen LogP contribution in [0, 0.1) is 10.1 Å². The van der Waals surface area contributed by atoms with E-state index >= 15 is 0 Å². The van der Waals surface area contributed by atoms with Gasteiger partial charge in [0.15, 0.2) is 0 Å². The number of amides is 1. The normalized spacial score (nSPS) is 9.86. The van der Waals surface area contributed by atoms with Gasteiger partial charge in [0.25, 0.3) is 11.6 Å². The van der Waals surface area contributed by atoms with Crippen molar-refractivity contribution in [1.29, 1.82) is 0 Å². The number of hydrogen-bond acceptors (Lipinski definition) is 5. The molecule has 0 radical (unpaired) electrons. The summed E-state index contributed by atoms with van der Waals surface area (Å²) in [5, 5.41) is 13.2. The number of rotatable bonds is 4. The lowest BCUT2D eigenvalue weighted by Crippen LogP contribution is -2.11. The third-order valence-corrected chi connectivity index (χ3v) is 2.71. The number of nitrogens with zero attached hydrogens (tertiary/aromatic N) is 1. The average molecular weight is 300 g/mol. The molecule has 0 fully saturated rings. The van der Waals surface area contributed by atoms with Crippen LogP contribution in [-0.4, -0.2) is 16.8 Å². The van der Waals surface area contributed by atoms with Gasteiger partial charge in [0.2, 0.25) is 0 Å². The molecule has 0 aliphatic carbocycles. The minimum atomic E-state index is -0.515. The summed E-state index contributed by atoms with van der Waals surface area (Å²) in [6.07, 6.45) is 0. The van der Waals surface area contributed by atoms with E-state index in [1.807, 2.05) is 0 Å². The molecule has 0 unspecified atom stereocenters. The Labute approximate surface area is 125 Å². The predicted octanol–water partition coefficient (Wildman–Crippen LogP) is 2.77. The Kier molecular flexibility index (Phi) is 4.47. The first-order chi connectivity index (χ1) is 10.5. The van der Waals surface area contributed by atoms with Gasteiger partial charge in [-0.05, 0) is 36.4 Å². The number of nitrogens with one attached hydrogen (secondary N) is 1. The molecular weight excluding hydrogens is 288 g/mol. The molecule has 0 saturated heterocycles. The number of anilines is 1. The lowest BCUT2D eigenvalue weighted by molar-refractivity contribution is -0.384. The second kappa shape index (κ2) is 6.49. The van der Waals surface area contributed by atoms with E-state index in [-0.39, 0.29) is 11.6 Å². The Hall–Kier alpha value is -3.22. The first-order valence-corrected chi connectivity index (χ1v) is 6.30. The van der Waals surface area contributed by atoms with E-state index in [4.69, 9.17) is 4.74 Å². The quantitative estimate of drug-likeness (QED) is 0.405. The Balaban J connectivity index is 2.05.